The van der Waals surface area contributed by atoms with Gasteiger partial charge in [0.1, 0.15) is 0 Å². The fraction of sp³-hybridized carbons (Fsp3) is 0.333. The third-order valence-corrected chi connectivity index (χ3v) is 5.39. The molecule has 18 heavy (non-hydrogen) atoms. The number of halogens is 3. The first-order chi connectivity index (χ1) is 8.31. The van der Waals surface area contributed by atoms with Gasteiger partial charge in [-0.25, -0.2) is 4.90 Å². The summed E-state index contributed by atoms with van der Waals surface area (Å²) in [6.07, 6.45) is 0.879. The summed E-state index contributed by atoms with van der Waals surface area (Å²) in [5, 5.41) is 0. The molecule has 6 heteroatoms. The van der Waals surface area contributed by atoms with Gasteiger partial charge in [-0.1, -0.05) is 6.92 Å². The van der Waals surface area contributed by atoms with Crippen molar-refractivity contribution in [3.05, 3.63) is 22.3 Å². The number of rotatable bonds is 2. The van der Waals surface area contributed by atoms with Gasteiger partial charge >= 0.3 is 0 Å². The molecule has 0 aliphatic rings. The number of anilines is 1. The van der Waals surface area contributed by atoms with E-state index in [0.29, 0.717) is 5.69 Å². The fourth-order valence-electron chi connectivity index (χ4n) is 1.69. The highest BCUT2D eigenvalue weighted by Crippen LogP contribution is 2.34. The van der Waals surface area contributed by atoms with Crippen LogP contribution in [-0.2, 0) is 16.0 Å². The number of imide groups is 1. The molecule has 0 fully saturated rings. The molecule has 0 aliphatic heterocycles. The van der Waals surface area contributed by atoms with Gasteiger partial charge in [0.15, 0.2) is 0 Å². The second-order valence-corrected chi connectivity index (χ2v) is 7.11. The van der Waals surface area contributed by atoms with Crippen LogP contribution in [0.25, 0.3) is 0 Å². The van der Waals surface area contributed by atoms with E-state index in [0.717, 1.165) is 13.6 Å². The van der Waals surface area contributed by atoms with Gasteiger partial charge in [-0.15, -0.1) is 0 Å². The Kier molecular flexibility index (Phi) is 6.29. The van der Waals surface area contributed by atoms with Crippen LogP contribution in [0.4, 0.5) is 5.69 Å². The van der Waals surface area contributed by atoms with Gasteiger partial charge in [0.25, 0.3) is 0 Å². The normalized spacial score (nSPS) is 10.3. The second kappa shape index (κ2) is 6.82. The molecule has 0 bridgehead atoms. The van der Waals surface area contributed by atoms with E-state index in [1.54, 1.807) is 0 Å². The Balaban J connectivity index is 3.57. The average Bonchev–Trinajstić information content (AvgIpc) is 2.23. The first-order valence-electron chi connectivity index (χ1n) is 5.28. The highest BCUT2D eigenvalue weighted by molar-refractivity contribution is 14.1. The number of benzene rings is 1. The molecule has 3 nitrogen and oxygen atoms in total. The van der Waals surface area contributed by atoms with Gasteiger partial charge in [0.05, 0.1) is 5.69 Å². The van der Waals surface area contributed by atoms with Crippen molar-refractivity contribution in [3.63, 3.8) is 0 Å². The summed E-state index contributed by atoms with van der Waals surface area (Å²) in [6, 6.07) is 2.01. The first kappa shape index (κ1) is 16.6. The Labute approximate surface area is 147 Å². The monoisotopic (exact) mass is 583 g/mol. The fourth-order valence-corrected chi connectivity index (χ4v) is 6.30. The van der Waals surface area contributed by atoms with Gasteiger partial charge in [0, 0.05) is 24.6 Å². The maximum Gasteiger partial charge on any atom is 0.230 e. The van der Waals surface area contributed by atoms with Gasteiger partial charge in [-0.3, -0.25) is 9.59 Å². The van der Waals surface area contributed by atoms with Crippen molar-refractivity contribution in [1.29, 1.82) is 0 Å². The number of carbonyl (C=O) groups excluding carboxylic acids is 2. The summed E-state index contributed by atoms with van der Waals surface area (Å²) >= 11 is 6.68. The third-order valence-electron chi connectivity index (χ3n) is 2.45. The van der Waals surface area contributed by atoms with E-state index in [-0.39, 0.29) is 11.8 Å². The molecule has 1 rings (SSSR count). The standard InChI is InChI=1S/C12H12I3NO2/c1-4-8-9(13)5-10(14)12(11(8)15)16(6(2)17)7(3)18/h5H,4H2,1-3H3. The molecule has 0 radical (unpaired) electrons. The molecule has 0 N–H and O–H groups in total. The van der Waals surface area contributed by atoms with Crippen molar-refractivity contribution in [1.82, 2.24) is 0 Å². The molecule has 0 saturated heterocycles. The van der Waals surface area contributed by atoms with Crippen molar-refractivity contribution in [2.24, 2.45) is 0 Å². The number of hydrogen-bond donors (Lipinski definition) is 0. The highest BCUT2D eigenvalue weighted by Gasteiger charge is 2.24. The predicted molar refractivity (Wildman–Crippen MR) is 97.8 cm³/mol. The lowest BCUT2D eigenvalue weighted by Crippen LogP contribution is -2.34. The number of nitrogens with zero attached hydrogens (tertiary/aromatic N) is 1. The van der Waals surface area contributed by atoms with Gasteiger partial charge in [-0.05, 0) is 85.8 Å². The maximum absolute atomic E-state index is 11.7. The van der Waals surface area contributed by atoms with Gasteiger partial charge in [0.2, 0.25) is 11.8 Å². The number of amides is 2. The molecule has 0 heterocycles. The molecule has 0 aromatic heterocycles. The topological polar surface area (TPSA) is 37.4 Å². The van der Waals surface area contributed by atoms with Crippen LogP contribution in [0.15, 0.2) is 6.07 Å². The van der Waals surface area contributed by atoms with Crippen LogP contribution in [0.5, 0.6) is 0 Å². The zero-order chi connectivity index (χ0) is 14.0. The Morgan fingerprint density at radius 2 is 1.61 bits per heavy atom. The van der Waals surface area contributed by atoms with Crippen LogP contribution in [0, 0.1) is 10.7 Å². The summed E-state index contributed by atoms with van der Waals surface area (Å²) in [5.74, 6) is -0.497. The molecule has 0 saturated carbocycles. The van der Waals surface area contributed by atoms with Crippen LogP contribution in [0.3, 0.4) is 0 Å². The van der Waals surface area contributed by atoms with E-state index in [1.165, 1.54) is 27.9 Å². The van der Waals surface area contributed by atoms with Crippen LogP contribution < -0.4 is 4.90 Å². The summed E-state index contributed by atoms with van der Waals surface area (Å²) in [5.41, 5.74) is 1.90. The minimum atomic E-state index is -0.249. The lowest BCUT2D eigenvalue weighted by molar-refractivity contribution is -0.124. The van der Waals surface area contributed by atoms with Gasteiger partial charge in [-0.2, -0.15) is 0 Å². The summed E-state index contributed by atoms with van der Waals surface area (Å²) < 4.78 is 3.07. The molecule has 0 spiro atoms. The van der Waals surface area contributed by atoms with E-state index in [9.17, 15) is 9.59 Å². The number of hydrogen-bond acceptors (Lipinski definition) is 2. The van der Waals surface area contributed by atoms with Crippen molar-refractivity contribution in [2.45, 2.75) is 27.2 Å². The van der Waals surface area contributed by atoms with Gasteiger partial charge < -0.3 is 0 Å². The largest absolute Gasteiger partial charge is 0.274 e. The molecule has 2 amide bonds. The predicted octanol–water partition coefficient (Wildman–Crippen LogP) is 3.96. The Morgan fingerprint density at radius 3 is 2.00 bits per heavy atom. The first-order valence-corrected chi connectivity index (χ1v) is 8.52. The average molecular weight is 583 g/mol. The lowest BCUT2D eigenvalue weighted by atomic mass is 10.1. The molecule has 98 valence electrons. The Hall–Kier alpha value is 0.550. The smallest absolute Gasteiger partial charge is 0.230 e. The Bertz CT molecular complexity index is 501. The quantitative estimate of drug-likeness (QED) is 0.495. The van der Waals surface area contributed by atoms with Crippen molar-refractivity contribution >= 4 is 85.3 Å². The van der Waals surface area contributed by atoms with E-state index in [4.69, 9.17) is 0 Å². The zero-order valence-corrected chi connectivity index (χ0v) is 16.7. The molecule has 0 atom stereocenters. The van der Waals surface area contributed by atoms with E-state index < -0.39 is 0 Å². The number of carbonyl (C=O) groups is 2. The second-order valence-electron chi connectivity index (χ2n) is 3.71. The Morgan fingerprint density at radius 1 is 1.11 bits per heavy atom. The third kappa shape index (κ3) is 3.35. The highest BCUT2D eigenvalue weighted by atomic mass is 127. The van der Waals surface area contributed by atoms with E-state index in [1.807, 2.05) is 6.07 Å². The minimum Gasteiger partial charge on any atom is -0.274 e. The molecule has 0 aliphatic carbocycles. The van der Waals surface area contributed by atoms with Crippen LogP contribution >= 0.6 is 67.8 Å². The van der Waals surface area contributed by atoms with Crippen LogP contribution in [0.2, 0.25) is 0 Å². The molecular weight excluding hydrogens is 571 g/mol. The van der Waals surface area contributed by atoms with Crippen molar-refractivity contribution in [3.8, 4) is 0 Å². The molecule has 0 unspecified atom stereocenters. The summed E-state index contributed by atoms with van der Waals surface area (Å²) in [7, 11) is 0. The summed E-state index contributed by atoms with van der Waals surface area (Å²) in [4.78, 5) is 24.6. The zero-order valence-electron chi connectivity index (χ0n) is 10.2. The molecule has 1 aromatic carbocycles. The van der Waals surface area contributed by atoms with Crippen LogP contribution in [-0.4, -0.2) is 11.8 Å². The summed E-state index contributed by atoms with van der Waals surface area (Å²) in [6.45, 7) is 4.90. The van der Waals surface area contributed by atoms with Crippen molar-refractivity contribution < 1.29 is 9.59 Å². The van der Waals surface area contributed by atoms with Crippen LogP contribution in [0.1, 0.15) is 26.3 Å². The molecular formula is C12H12I3NO2. The van der Waals surface area contributed by atoms with E-state index in [2.05, 4.69) is 74.7 Å². The minimum absolute atomic E-state index is 0.249. The maximum atomic E-state index is 11.7. The molecule has 1 aromatic rings. The SMILES string of the molecule is CCc1c(I)cc(I)c(N(C(C)=O)C(C)=O)c1I. The van der Waals surface area contributed by atoms with Crippen molar-refractivity contribution in [2.75, 3.05) is 4.90 Å². The van der Waals surface area contributed by atoms with E-state index >= 15 is 0 Å². The lowest BCUT2D eigenvalue weighted by Gasteiger charge is -2.22.